The Balaban J connectivity index is 1.66. The van der Waals surface area contributed by atoms with Crippen molar-refractivity contribution in [3.05, 3.63) is 66.0 Å². The smallest absolute Gasteiger partial charge is 0.326 e. The first-order chi connectivity index (χ1) is 14.5. The van der Waals surface area contributed by atoms with E-state index in [9.17, 15) is 0 Å². The molecule has 0 aliphatic rings. The normalized spacial score (nSPS) is 11.1. The maximum Gasteiger partial charge on any atom is 0.326 e. The number of rotatable bonds is 7. The highest BCUT2D eigenvalue weighted by atomic mass is 16.5. The molecular weight excluding hydrogens is 378 g/mol. The second kappa shape index (κ2) is 8.41. The van der Waals surface area contributed by atoms with Crippen molar-refractivity contribution in [1.29, 1.82) is 0 Å². The minimum absolute atomic E-state index is 0.214. The van der Waals surface area contributed by atoms with Gasteiger partial charge in [0.1, 0.15) is 11.5 Å². The van der Waals surface area contributed by atoms with Gasteiger partial charge >= 0.3 is 6.01 Å². The van der Waals surface area contributed by atoms with E-state index in [1.54, 1.807) is 13.4 Å². The third kappa shape index (κ3) is 4.20. The van der Waals surface area contributed by atoms with Gasteiger partial charge in [0.05, 0.1) is 13.4 Å². The molecule has 0 radical (unpaired) electrons. The van der Waals surface area contributed by atoms with E-state index < -0.39 is 0 Å². The number of benzene rings is 2. The summed E-state index contributed by atoms with van der Waals surface area (Å²) < 4.78 is 13.2. The summed E-state index contributed by atoms with van der Waals surface area (Å²) in [6.07, 6.45) is 1.79. The van der Waals surface area contributed by atoms with Crippen molar-refractivity contribution >= 4 is 17.0 Å². The molecule has 7 heteroatoms. The molecular formula is C23H25N5O2. The van der Waals surface area contributed by atoms with Crippen LogP contribution in [0.1, 0.15) is 31.0 Å². The van der Waals surface area contributed by atoms with Crippen LogP contribution in [0.2, 0.25) is 0 Å². The zero-order chi connectivity index (χ0) is 21.1. The van der Waals surface area contributed by atoms with Crippen LogP contribution in [0.15, 0.2) is 54.9 Å². The molecule has 2 aromatic heterocycles. The summed E-state index contributed by atoms with van der Waals surface area (Å²) in [5.41, 5.74) is 3.72. The van der Waals surface area contributed by atoms with E-state index in [-0.39, 0.29) is 12.1 Å². The van der Waals surface area contributed by atoms with E-state index in [0.717, 1.165) is 17.0 Å². The number of aryl methyl sites for hydroxylation is 1. The average Bonchev–Trinajstić information content (AvgIpc) is 3.18. The van der Waals surface area contributed by atoms with Gasteiger partial charge in [-0.15, -0.1) is 0 Å². The van der Waals surface area contributed by atoms with Gasteiger partial charge < -0.3 is 19.4 Å². The second-order valence-electron chi connectivity index (χ2n) is 7.39. The van der Waals surface area contributed by atoms with Crippen LogP contribution >= 0.6 is 0 Å². The maximum atomic E-state index is 5.95. The first kappa shape index (κ1) is 19.7. The minimum atomic E-state index is 0.214. The van der Waals surface area contributed by atoms with Crippen molar-refractivity contribution in [2.45, 2.75) is 33.4 Å². The van der Waals surface area contributed by atoms with Crippen LogP contribution in [-0.4, -0.2) is 26.6 Å². The topological polar surface area (TPSA) is 74.1 Å². The third-order valence-electron chi connectivity index (χ3n) is 4.81. The van der Waals surface area contributed by atoms with E-state index in [0.29, 0.717) is 23.6 Å². The van der Waals surface area contributed by atoms with Crippen molar-refractivity contribution in [2.24, 2.45) is 0 Å². The molecule has 0 spiro atoms. The maximum absolute atomic E-state index is 5.95. The van der Waals surface area contributed by atoms with Gasteiger partial charge in [-0.2, -0.15) is 9.97 Å². The molecule has 2 heterocycles. The molecule has 1 N–H and O–H groups in total. The highest BCUT2D eigenvalue weighted by molar-refractivity contribution is 5.83. The molecule has 0 saturated carbocycles. The van der Waals surface area contributed by atoms with Crippen molar-refractivity contribution < 1.29 is 9.47 Å². The van der Waals surface area contributed by atoms with Crippen LogP contribution in [0.5, 0.6) is 17.5 Å². The van der Waals surface area contributed by atoms with Crippen LogP contribution in [0, 0.1) is 6.92 Å². The molecule has 0 atom stereocenters. The first-order valence-electron chi connectivity index (χ1n) is 9.89. The second-order valence-corrected chi connectivity index (χ2v) is 7.39. The molecule has 0 amide bonds. The Morgan fingerprint density at radius 1 is 0.967 bits per heavy atom. The Morgan fingerprint density at radius 3 is 2.33 bits per heavy atom. The summed E-state index contributed by atoms with van der Waals surface area (Å²) in [5.74, 6) is 2.15. The zero-order valence-electron chi connectivity index (χ0n) is 17.6. The van der Waals surface area contributed by atoms with Gasteiger partial charge in [0.15, 0.2) is 17.0 Å². The summed E-state index contributed by atoms with van der Waals surface area (Å²) in [5, 5.41) is 3.38. The van der Waals surface area contributed by atoms with E-state index >= 15 is 0 Å². The number of fused-ring (bicyclic) bond motifs is 1. The lowest BCUT2D eigenvalue weighted by Gasteiger charge is -2.12. The van der Waals surface area contributed by atoms with Gasteiger partial charge in [0, 0.05) is 12.6 Å². The van der Waals surface area contributed by atoms with Crippen molar-refractivity contribution in [2.75, 3.05) is 12.4 Å². The molecule has 0 aliphatic carbocycles. The van der Waals surface area contributed by atoms with Crippen LogP contribution in [0.25, 0.3) is 11.2 Å². The van der Waals surface area contributed by atoms with Crippen molar-refractivity contribution in [3.63, 3.8) is 0 Å². The first-order valence-corrected chi connectivity index (χ1v) is 9.89. The average molecular weight is 403 g/mol. The molecule has 0 saturated heterocycles. The summed E-state index contributed by atoms with van der Waals surface area (Å²) in [4.78, 5) is 13.8. The Morgan fingerprint density at radius 2 is 1.67 bits per heavy atom. The Labute approximate surface area is 175 Å². The predicted octanol–water partition coefficient (Wildman–Crippen LogP) is 5.13. The zero-order valence-corrected chi connectivity index (χ0v) is 17.6. The summed E-state index contributed by atoms with van der Waals surface area (Å²) in [7, 11) is 1.66. The fourth-order valence-electron chi connectivity index (χ4n) is 3.08. The molecule has 4 aromatic rings. The van der Waals surface area contributed by atoms with Gasteiger partial charge in [-0.1, -0.05) is 29.8 Å². The van der Waals surface area contributed by atoms with Gasteiger partial charge in [-0.25, -0.2) is 4.98 Å². The summed E-state index contributed by atoms with van der Waals surface area (Å²) in [6, 6.07) is 16.2. The lowest BCUT2D eigenvalue weighted by molar-refractivity contribution is 0.414. The van der Waals surface area contributed by atoms with E-state index in [1.807, 2.05) is 60.0 Å². The fraction of sp³-hybridized carbons (Fsp3) is 0.261. The summed E-state index contributed by atoms with van der Waals surface area (Å²) >= 11 is 0. The lowest BCUT2D eigenvalue weighted by Crippen LogP contribution is -2.06. The Kier molecular flexibility index (Phi) is 5.52. The standard InChI is InChI=1S/C23H25N5O2/c1-15(2)28-14-25-20-21(24-13-17-7-11-18(29-4)12-8-17)26-23(27-22(20)28)30-19-9-5-16(3)6-10-19/h5-12,14-15H,13H2,1-4H3,(H,24,26,27). The third-order valence-corrected chi connectivity index (χ3v) is 4.81. The van der Waals surface area contributed by atoms with Crippen molar-refractivity contribution in [3.8, 4) is 17.5 Å². The highest BCUT2D eigenvalue weighted by Gasteiger charge is 2.16. The number of aromatic nitrogens is 4. The Hall–Kier alpha value is -3.61. The molecule has 0 unspecified atom stereocenters. The van der Waals surface area contributed by atoms with Crippen LogP contribution in [0.4, 0.5) is 5.82 Å². The minimum Gasteiger partial charge on any atom is -0.497 e. The SMILES string of the molecule is COc1ccc(CNc2nc(Oc3ccc(C)cc3)nc3c2ncn3C(C)C)cc1. The molecule has 0 bridgehead atoms. The van der Waals surface area contributed by atoms with Crippen LogP contribution in [-0.2, 0) is 6.54 Å². The molecule has 30 heavy (non-hydrogen) atoms. The van der Waals surface area contributed by atoms with Gasteiger partial charge in [0.25, 0.3) is 0 Å². The number of nitrogens with zero attached hydrogens (tertiary/aromatic N) is 4. The van der Waals surface area contributed by atoms with E-state index in [4.69, 9.17) is 9.47 Å². The molecule has 0 aliphatic heterocycles. The highest BCUT2D eigenvalue weighted by Crippen LogP contribution is 2.27. The molecule has 154 valence electrons. The number of hydrogen-bond acceptors (Lipinski definition) is 6. The predicted molar refractivity (Wildman–Crippen MR) is 117 cm³/mol. The van der Waals surface area contributed by atoms with Crippen LogP contribution in [0.3, 0.4) is 0 Å². The molecule has 4 rings (SSSR count). The fourth-order valence-corrected chi connectivity index (χ4v) is 3.08. The van der Waals surface area contributed by atoms with Gasteiger partial charge in [-0.3, -0.25) is 0 Å². The largest absolute Gasteiger partial charge is 0.497 e. The molecule has 2 aromatic carbocycles. The number of hydrogen-bond donors (Lipinski definition) is 1. The van der Waals surface area contributed by atoms with E-state index in [2.05, 4.69) is 34.1 Å². The van der Waals surface area contributed by atoms with Crippen molar-refractivity contribution in [1.82, 2.24) is 19.5 Å². The Bertz CT molecular complexity index is 1130. The van der Waals surface area contributed by atoms with Gasteiger partial charge in [0.2, 0.25) is 0 Å². The summed E-state index contributed by atoms with van der Waals surface area (Å²) in [6.45, 7) is 6.81. The number of imidazole rings is 1. The quantitative estimate of drug-likeness (QED) is 0.461. The van der Waals surface area contributed by atoms with Crippen LogP contribution < -0.4 is 14.8 Å². The lowest BCUT2D eigenvalue weighted by atomic mass is 10.2. The number of anilines is 1. The van der Waals surface area contributed by atoms with E-state index in [1.165, 1.54) is 5.56 Å². The molecule has 0 fully saturated rings. The monoisotopic (exact) mass is 403 g/mol. The number of ether oxygens (including phenoxy) is 2. The number of methoxy groups -OCH3 is 1. The number of nitrogens with one attached hydrogen (secondary N) is 1. The van der Waals surface area contributed by atoms with Gasteiger partial charge in [-0.05, 0) is 50.6 Å². The molecule has 7 nitrogen and oxygen atoms in total.